The number of hydrogen-bond acceptors (Lipinski definition) is 6. The predicted octanol–water partition coefficient (Wildman–Crippen LogP) is 1.93. The smallest absolute Gasteiger partial charge is 0.323 e. The predicted molar refractivity (Wildman–Crippen MR) is 99.2 cm³/mol. The molecule has 1 aliphatic heterocycles. The highest BCUT2D eigenvalue weighted by atomic mass is 32.1. The van der Waals surface area contributed by atoms with E-state index in [-0.39, 0.29) is 12.5 Å². The Morgan fingerprint density at radius 2 is 1.93 bits per heavy atom. The zero-order chi connectivity index (χ0) is 18.9. The van der Waals surface area contributed by atoms with Crippen LogP contribution in [0, 0.1) is 0 Å². The third-order valence-electron chi connectivity index (χ3n) is 4.92. The standard InChI is InChI=1S/C18H19N5O3S/c24-13(11-23-15(25)18(20-17(23)26)8-4-5-9-18)19-16-22-21-14(27-16)10-12-6-2-1-3-7-12/h1-3,6-7H,4-5,8-11H2,(H,20,26)(H,19,22,24). The second-order valence-electron chi connectivity index (χ2n) is 6.82. The average molecular weight is 385 g/mol. The molecule has 2 N–H and O–H groups in total. The first-order valence-corrected chi connectivity index (χ1v) is 9.68. The van der Waals surface area contributed by atoms with Gasteiger partial charge in [0.05, 0.1) is 0 Å². The quantitative estimate of drug-likeness (QED) is 0.766. The van der Waals surface area contributed by atoms with E-state index in [2.05, 4.69) is 20.8 Å². The molecule has 9 heteroatoms. The largest absolute Gasteiger partial charge is 0.325 e. The Bertz CT molecular complexity index is 876. The van der Waals surface area contributed by atoms with Gasteiger partial charge in [0.25, 0.3) is 5.91 Å². The molecule has 2 aromatic rings. The lowest BCUT2D eigenvalue weighted by Gasteiger charge is -2.19. The van der Waals surface area contributed by atoms with Gasteiger partial charge in [-0.1, -0.05) is 54.5 Å². The lowest BCUT2D eigenvalue weighted by molar-refractivity contribution is -0.133. The lowest BCUT2D eigenvalue weighted by Crippen LogP contribution is -2.44. The number of nitrogens with zero attached hydrogens (tertiary/aromatic N) is 3. The van der Waals surface area contributed by atoms with Crippen molar-refractivity contribution in [1.29, 1.82) is 0 Å². The normalized spacial score (nSPS) is 18.1. The number of carbonyl (C=O) groups is 3. The molecule has 1 saturated heterocycles. The molecule has 1 aromatic carbocycles. The molecule has 1 spiro atoms. The Morgan fingerprint density at radius 3 is 2.67 bits per heavy atom. The van der Waals surface area contributed by atoms with Gasteiger partial charge in [0.15, 0.2) is 0 Å². The third kappa shape index (κ3) is 3.55. The van der Waals surface area contributed by atoms with Gasteiger partial charge in [-0.05, 0) is 18.4 Å². The number of nitrogens with one attached hydrogen (secondary N) is 2. The summed E-state index contributed by atoms with van der Waals surface area (Å²) < 4.78 is 0. The number of benzene rings is 1. The molecule has 0 bridgehead atoms. The highest BCUT2D eigenvalue weighted by molar-refractivity contribution is 7.15. The summed E-state index contributed by atoms with van der Waals surface area (Å²) in [6.45, 7) is -0.319. The molecule has 2 aliphatic rings. The summed E-state index contributed by atoms with van der Waals surface area (Å²) in [6, 6.07) is 9.34. The minimum atomic E-state index is -0.803. The molecule has 1 aromatic heterocycles. The summed E-state index contributed by atoms with van der Waals surface area (Å²) >= 11 is 1.28. The highest BCUT2D eigenvalue weighted by Gasteiger charge is 2.52. The van der Waals surface area contributed by atoms with E-state index >= 15 is 0 Å². The molecule has 8 nitrogen and oxygen atoms in total. The monoisotopic (exact) mass is 385 g/mol. The number of urea groups is 1. The molecule has 1 aliphatic carbocycles. The molecule has 140 valence electrons. The molecule has 4 rings (SSSR count). The molecule has 0 atom stereocenters. The van der Waals surface area contributed by atoms with Crippen LogP contribution in [0.5, 0.6) is 0 Å². The Morgan fingerprint density at radius 1 is 1.19 bits per heavy atom. The number of anilines is 1. The van der Waals surface area contributed by atoms with Crippen LogP contribution in [0.25, 0.3) is 0 Å². The zero-order valence-corrected chi connectivity index (χ0v) is 15.4. The fraction of sp³-hybridized carbons (Fsp3) is 0.389. The van der Waals surface area contributed by atoms with Gasteiger partial charge in [-0.2, -0.15) is 0 Å². The van der Waals surface area contributed by atoms with Crippen molar-refractivity contribution in [2.24, 2.45) is 0 Å². The van der Waals surface area contributed by atoms with Crippen molar-refractivity contribution in [2.75, 3.05) is 11.9 Å². The topological polar surface area (TPSA) is 104 Å². The van der Waals surface area contributed by atoms with Gasteiger partial charge in [-0.15, -0.1) is 10.2 Å². The van der Waals surface area contributed by atoms with E-state index in [1.54, 1.807) is 0 Å². The molecule has 1 saturated carbocycles. The fourth-order valence-corrected chi connectivity index (χ4v) is 4.38. The van der Waals surface area contributed by atoms with Crippen molar-refractivity contribution in [3.63, 3.8) is 0 Å². The minimum Gasteiger partial charge on any atom is -0.323 e. The molecule has 2 heterocycles. The number of aromatic nitrogens is 2. The van der Waals surface area contributed by atoms with Crippen molar-refractivity contribution in [3.8, 4) is 0 Å². The van der Waals surface area contributed by atoms with Gasteiger partial charge in [0, 0.05) is 6.42 Å². The summed E-state index contributed by atoms with van der Waals surface area (Å²) in [5.41, 5.74) is 0.302. The fourth-order valence-electron chi connectivity index (χ4n) is 3.59. The maximum absolute atomic E-state index is 12.6. The molecule has 27 heavy (non-hydrogen) atoms. The highest BCUT2D eigenvalue weighted by Crippen LogP contribution is 2.34. The Hall–Kier alpha value is -2.81. The molecule has 4 amide bonds. The SMILES string of the molecule is O=C(CN1C(=O)NC2(CCCC2)C1=O)Nc1nnc(Cc2ccccc2)s1. The van der Waals surface area contributed by atoms with Gasteiger partial charge in [-0.25, -0.2) is 4.79 Å². The lowest BCUT2D eigenvalue weighted by atomic mass is 9.98. The molecule has 2 fully saturated rings. The summed E-state index contributed by atoms with van der Waals surface area (Å²) in [7, 11) is 0. The van der Waals surface area contributed by atoms with E-state index in [0.29, 0.717) is 24.4 Å². The van der Waals surface area contributed by atoms with Crippen LogP contribution in [0.3, 0.4) is 0 Å². The maximum atomic E-state index is 12.6. The van der Waals surface area contributed by atoms with E-state index in [9.17, 15) is 14.4 Å². The summed E-state index contributed by atoms with van der Waals surface area (Å²) in [5.74, 6) is -0.766. The first kappa shape index (κ1) is 17.6. The van der Waals surface area contributed by atoms with Crippen LogP contribution in [-0.2, 0) is 16.0 Å². The van der Waals surface area contributed by atoms with Crippen molar-refractivity contribution < 1.29 is 14.4 Å². The Kier molecular flexibility index (Phi) is 4.61. The van der Waals surface area contributed by atoms with Crippen molar-refractivity contribution in [3.05, 3.63) is 40.9 Å². The van der Waals surface area contributed by atoms with E-state index < -0.39 is 17.5 Å². The second-order valence-corrected chi connectivity index (χ2v) is 7.88. The van der Waals surface area contributed by atoms with Crippen LogP contribution in [-0.4, -0.2) is 45.0 Å². The van der Waals surface area contributed by atoms with E-state index in [1.807, 2.05) is 30.3 Å². The Balaban J connectivity index is 1.36. The van der Waals surface area contributed by atoms with Crippen LogP contribution in [0.15, 0.2) is 30.3 Å². The van der Waals surface area contributed by atoms with Gasteiger partial charge < -0.3 is 5.32 Å². The van der Waals surface area contributed by atoms with E-state index in [4.69, 9.17) is 0 Å². The van der Waals surface area contributed by atoms with Crippen LogP contribution < -0.4 is 10.6 Å². The molecule has 0 unspecified atom stereocenters. The van der Waals surface area contributed by atoms with Crippen LogP contribution >= 0.6 is 11.3 Å². The van der Waals surface area contributed by atoms with Gasteiger partial charge in [-0.3, -0.25) is 19.8 Å². The summed E-state index contributed by atoms with van der Waals surface area (Å²) in [5, 5.41) is 14.6. The number of rotatable bonds is 5. The number of amides is 4. The summed E-state index contributed by atoms with van der Waals surface area (Å²) in [6.07, 6.45) is 3.70. The van der Waals surface area contributed by atoms with Gasteiger partial charge >= 0.3 is 6.03 Å². The van der Waals surface area contributed by atoms with Gasteiger partial charge in [0.2, 0.25) is 11.0 Å². The third-order valence-corrected chi connectivity index (χ3v) is 5.75. The number of hydrogen-bond donors (Lipinski definition) is 2. The molecular weight excluding hydrogens is 366 g/mol. The minimum absolute atomic E-state index is 0.304. The van der Waals surface area contributed by atoms with Crippen LogP contribution in [0.2, 0.25) is 0 Å². The second kappa shape index (κ2) is 7.07. The van der Waals surface area contributed by atoms with Crippen molar-refractivity contribution in [1.82, 2.24) is 20.4 Å². The first-order chi connectivity index (χ1) is 13.1. The number of carbonyl (C=O) groups excluding carboxylic acids is 3. The number of imide groups is 1. The molecular formula is C18H19N5O3S. The molecule has 0 radical (unpaired) electrons. The first-order valence-electron chi connectivity index (χ1n) is 8.86. The Labute approximate surface area is 160 Å². The maximum Gasteiger partial charge on any atom is 0.325 e. The summed E-state index contributed by atoms with van der Waals surface area (Å²) in [4.78, 5) is 38.0. The van der Waals surface area contributed by atoms with E-state index in [1.165, 1.54) is 11.3 Å². The van der Waals surface area contributed by atoms with Crippen molar-refractivity contribution >= 4 is 34.3 Å². The van der Waals surface area contributed by atoms with Crippen LogP contribution in [0.4, 0.5) is 9.93 Å². The average Bonchev–Trinajstić information content (AvgIpc) is 3.34. The van der Waals surface area contributed by atoms with Crippen LogP contribution in [0.1, 0.15) is 36.3 Å². The zero-order valence-electron chi connectivity index (χ0n) is 14.6. The van der Waals surface area contributed by atoms with Crippen molar-refractivity contribution in [2.45, 2.75) is 37.6 Å². The van der Waals surface area contributed by atoms with E-state index in [0.717, 1.165) is 28.3 Å². The van der Waals surface area contributed by atoms with Gasteiger partial charge in [0.1, 0.15) is 17.1 Å².